The molecule has 0 rings (SSSR count). The lowest BCUT2D eigenvalue weighted by Crippen LogP contribution is -2.10. The predicted molar refractivity (Wildman–Crippen MR) is 49.8 cm³/mol. The third-order valence-electron chi connectivity index (χ3n) is 1.85. The minimum absolute atomic E-state index is 0.136. The maximum atomic E-state index is 11.2. The quantitative estimate of drug-likeness (QED) is 0.380. The van der Waals surface area contributed by atoms with Crippen LogP contribution >= 0.6 is 0 Å². The second-order valence-corrected chi connectivity index (χ2v) is 3.04. The molecule has 0 aliphatic rings. The Labute approximate surface area is 79.0 Å². The fraction of sp³-hybridized carbons (Fsp3) is 0.600. The fourth-order valence-corrected chi connectivity index (χ4v) is 0.787. The lowest BCUT2D eigenvalue weighted by Gasteiger charge is -2.07. The lowest BCUT2D eigenvalue weighted by molar-refractivity contribution is -0.138. The van der Waals surface area contributed by atoms with E-state index < -0.39 is 5.97 Å². The molecule has 0 aromatic rings. The molecule has 0 saturated heterocycles. The summed E-state index contributed by atoms with van der Waals surface area (Å²) in [4.78, 5) is 11.2. The first-order chi connectivity index (χ1) is 6.04. The molecule has 0 spiro atoms. The summed E-state index contributed by atoms with van der Waals surface area (Å²) in [5.74, 6) is -0.324. The van der Waals surface area contributed by atoms with Crippen molar-refractivity contribution in [2.24, 2.45) is 5.92 Å². The largest absolute Gasteiger partial charge is 0.462 e. The Bertz CT molecular complexity index is 259. The Morgan fingerprint density at radius 2 is 2.08 bits per heavy atom. The zero-order chi connectivity index (χ0) is 10.4. The predicted octanol–water partition coefficient (Wildman–Crippen LogP) is 2.05. The molecule has 13 heavy (non-hydrogen) atoms. The molecule has 0 aliphatic carbocycles. The number of hydrogen-bond donors (Lipinski definition) is 0. The van der Waals surface area contributed by atoms with Gasteiger partial charge in [0.1, 0.15) is 11.6 Å². The van der Waals surface area contributed by atoms with Gasteiger partial charge in [-0.3, -0.25) is 0 Å². The fourth-order valence-electron chi connectivity index (χ4n) is 0.787. The number of carbonyl (C=O) groups excluding carboxylic acids is 1. The molecular weight excluding hydrogens is 166 g/mol. The summed E-state index contributed by atoms with van der Waals surface area (Å²) in [5, 5.41) is 8.73. The molecule has 0 aliphatic heterocycles. The maximum absolute atomic E-state index is 11.2. The van der Waals surface area contributed by atoms with Crippen molar-refractivity contribution in [2.75, 3.05) is 6.61 Å². The highest BCUT2D eigenvalue weighted by Gasteiger charge is 2.14. The van der Waals surface area contributed by atoms with Gasteiger partial charge in [-0.15, -0.1) is 0 Å². The highest BCUT2D eigenvalue weighted by molar-refractivity contribution is 5.93. The van der Waals surface area contributed by atoms with E-state index in [1.165, 1.54) is 0 Å². The number of ether oxygens (including phenoxy) is 1. The van der Waals surface area contributed by atoms with Crippen LogP contribution in [-0.4, -0.2) is 12.6 Å². The van der Waals surface area contributed by atoms with E-state index in [9.17, 15) is 4.79 Å². The van der Waals surface area contributed by atoms with Crippen molar-refractivity contribution >= 4 is 5.97 Å². The van der Waals surface area contributed by atoms with E-state index in [1.807, 2.05) is 19.9 Å². The highest BCUT2D eigenvalue weighted by Crippen LogP contribution is 2.14. The van der Waals surface area contributed by atoms with Gasteiger partial charge < -0.3 is 4.74 Å². The molecule has 0 aromatic heterocycles. The van der Waals surface area contributed by atoms with Crippen molar-refractivity contribution in [1.29, 1.82) is 5.26 Å². The zero-order valence-corrected chi connectivity index (χ0v) is 8.55. The first-order valence-electron chi connectivity index (χ1n) is 4.32. The summed E-state index contributed by atoms with van der Waals surface area (Å²) in [6, 6.07) is 1.87. The highest BCUT2D eigenvalue weighted by atomic mass is 16.5. The number of esters is 1. The summed E-state index contributed by atoms with van der Waals surface area (Å²) in [7, 11) is 0. The van der Waals surface area contributed by atoms with Gasteiger partial charge in [-0.2, -0.15) is 5.26 Å². The molecular formula is C10H15NO2. The van der Waals surface area contributed by atoms with Gasteiger partial charge >= 0.3 is 5.97 Å². The van der Waals surface area contributed by atoms with Crippen molar-refractivity contribution in [3.05, 3.63) is 11.1 Å². The zero-order valence-electron chi connectivity index (χ0n) is 8.55. The van der Waals surface area contributed by atoms with E-state index >= 15 is 0 Å². The van der Waals surface area contributed by atoms with Gasteiger partial charge in [0.15, 0.2) is 0 Å². The van der Waals surface area contributed by atoms with Crippen LogP contribution in [0.1, 0.15) is 27.7 Å². The molecule has 3 heteroatoms. The van der Waals surface area contributed by atoms with E-state index in [1.54, 1.807) is 13.8 Å². The van der Waals surface area contributed by atoms with Gasteiger partial charge in [-0.05, 0) is 25.3 Å². The standard InChI is InChI=1S/C10H15NO2/c1-5-13-10(12)9(6-11)8(4)7(2)3/h7H,5H2,1-4H3. The van der Waals surface area contributed by atoms with Crippen LogP contribution in [0.3, 0.4) is 0 Å². The van der Waals surface area contributed by atoms with Crippen molar-refractivity contribution in [3.8, 4) is 6.07 Å². The SMILES string of the molecule is CCOC(=O)C(C#N)=C(C)C(C)C. The maximum Gasteiger partial charge on any atom is 0.348 e. The molecule has 0 unspecified atom stereocenters. The molecule has 0 heterocycles. The normalized spacial score (nSPS) is 12.0. The summed E-state index contributed by atoms with van der Waals surface area (Å²) in [6.45, 7) is 7.67. The number of allylic oxidation sites excluding steroid dienone is 1. The summed E-state index contributed by atoms with van der Waals surface area (Å²) in [5.41, 5.74) is 0.915. The van der Waals surface area contributed by atoms with Crippen LogP contribution < -0.4 is 0 Å². The second-order valence-electron chi connectivity index (χ2n) is 3.04. The van der Waals surface area contributed by atoms with Crippen molar-refractivity contribution in [3.63, 3.8) is 0 Å². The molecule has 0 saturated carbocycles. The van der Waals surface area contributed by atoms with Crippen LogP contribution in [0.4, 0.5) is 0 Å². The molecule has 0 aromatic carbocycles. The number of hydrogen-bond acceptors (Lipinski definition) is 3. The average Bonchev–Trinajstić information content (AvgIpc) is 2.05. The van der Waals surface area contributed by atoms with Gasteiger partial charge in [-0.1, -0.05) is 13.8 Å². The van der Waals surface area contributed by atoms with Crippen LogP contribution in [0.25, 0.3) is 0 Å². The minimum atomic E-state index is -0.517. The topological polar surface area (TPSA) is 50.1 Å². The Balaban J connectivity index is 4.80. The molecule has 0 N–H and O–H groups in total. The van der Waals surface area contributed by atoms with Crippen LogP contribution in [-0.2, 0) is 9.53 Å². The summed E-state index contributed by atoms with van der Waals surface area (Å²) >= 11 is 0. The minimum Gasteiger partial charge on any atom is -0.462 e. The number of nitriles is 1. The van der Waals surface area contributed by atoms with Gasteiger partial charge in [0, 0.05) is 0 Å². The second kappa shape index (κ2) is 5.36. The summed E-state index contributed by atoms with van der Waals surface area (Å²) < 4.78 is 4.75. The average molecular weight is 181 g/mol. The Morgan fingerprint density at radius 3 is 2.38 bits per heavy atom. The van der Waals surface area contributed by atoms with Gasteiger partial charge in [0.05, 0.1) is 6.61 Å². The third kappa shape index (κ3) is 3.29. The molecule has 3 nitrogen and oxygen atoms in total. The number of nitrogens with zero attached hydrogens (tertiary/aromatic N) is 1. The van der Waals surface area contributed by atoms with Crippen LogP contribution in [0.15, 0.2) is 11.1 Å². The lowest BCUT2D eigenvalue weighted by atomic mass is 10.00. The van der Waals surface area contributed by atoms with Crippen molar-refractivity contribution in [1.82, 2.24) is 0 Å². The number of rotatable bonds is 3. The molecule has 0 fully saturated rings. The van der Waals surface area contributed by atoms with Crippen molar-refractivity contribution in [2.45, 2.75) is 27.7 Å². The van der Waals surface area contributed by atoms with E-state index in [4.69, 9.17) is 10.00 Å². The number of carbonyl (C=O) groups is 1. The first kappa shape index (κ1) is 11.7. The molecule has 72 valence electrons. The van der Waals surface area contributed by atoms with Gasteiger partial charge in [0.2, 0.25) is 0 Å². The Morgan fingerprint density at radius 1 is 1.54 bits per heavy atom. The monoisotopic (exact) mass is 181 g/mol. The Kier molecular flexibility index (Phi) is 4.83. The molecule has 0 radical (unpaired) electrons. The Hall–Kier alpha value is -1.30. The van der Waals surface area contributed by atoms with Crippen LogP contribution in [0.5, 0.6) is 0 Å². The third-order valence-corrected chi connectivity index (χ3v) is 1.85. The molecule has 0 amide bonds. The molecule has 0 bridgehead atoms. The van der Waals surface area contributed by atoms with E-state index in [0.717, 1.165) is 5.57 Å². The van der Waals surface area contributed by atoms with E-state index in [0.29, 0.717) is 6.61 Å². The van der Waals surface area contributed by atoms with Crippen LogP contribution in [0.2, 0.25) is 0 Å². The smallest absolute Gasteiger partial charge is 0.348 e. The van der Waals surface area contributed by atoms with E-state index in [2.05, 4.69) is 0 Å². The van der Waals surface area contributed by atoms with Crippen LogP contribution in [0, 0.1) is 17.2 Å². The molecule has 0 atom stereocenters. The summed E-state index contributed by atoms with van der Waals surface area (Å²) in [6.07, 6.45) is 0. The first-order valence-corrected chi connectivity index (χ1v) is 4.32. The van der Waals surface area contributed by atoms with Crippen molar-refractivity contribution < 1.29 is 9.53 Å². The van der Waals surface area contributed by atoms with E-state index in [-0.39, 0.29) is 11.5 Å². The van der Waals surface area contributed by atoms with Gasteiger partial charge in [0.25, 0.3) is 0 Å². The van der Waals surface area contributed by atoms with Gasteiger partial charge in [-0.25, -0.2) is 4.79 Å².